The maximum absolute atomic E-state index is 13.0. The fraction of sp³-hybridized carbons (Fsp3) is 0.609. The van der Waals surface area contributed by atoms with Crippen LogP contribution in [-0.4, -0.2) is 93.4 Å². The first-order valence-electron chi connectivity index (χ1n) is 12.2. The predicted octanol–water partition coefficient (Wildman–Crippen LogP) is -0.0217. The number of nitrogens with one attached hydrogen (secondary N) is 2. The number of aryl methyl sites for hydroxylation is 2. The molecule has 0 bridgehead atoms. The Kier molecular flexibility index (Phi) is 8.28. The van der Waals surface area contributed by atoms with Crippen molar-refractivity contribution in [2.75, 3.05) is 39.9 Å². The summed E-state index contributed by atoms with van der Waals surface area (Å²) in [6.07, 6.45) is 2.63. The van der Waals surface area contributed by atoms with Gasteiger partial charge in [0.15, 0.2) is 5.03 Å². The van der Waals surface area contributed by atoms with Gasteiger partial charge in [-0.15, -0.1) is 0 Å². The van der Waals surface area contributed by atoms with Crippen molar-refractivity contribution >= 4 is 20.0 Å². The van der Waals surface area contributed by atoms with E-state index in [2.05, 4.69) is 15.0 Å². The molecule has 1 aromatic heterocycles. The van der Waals surface area contributed by atoms with Gasteiger partial charge in [-0.2, -0.15) is 4.31 Å². The molecule has 2 fully saturated rings. The molecule has 4 rings (SSSR count). The summed E-state index contributed by atoms with van der Waals surface area (Å²) >= 11 is 0. The molecule has 206 valence electrons. The number of imidazole rings is 1. The summed E-state index contributed by atoms with van der Waals surface area (Å²) in [7, 11) is -4.12. The third-order valence-corrected chi connectivity index (χ3v) is 10.2. The fourth-order valence-corrected chi connectivity index (χ4v) is 6.88. The molecular weight excluding hydrogens is 522 g/mol. The first-order valence-corrected chi connectivity index (χ1v) is 15.1. The molecule has 2 aliphatic heterocycles. The zero-order chi connectivity index (χ0) is 26.8. The monoisotopic (exact) mass is 557 g/mol. The lowest BCUT2D eigenvalue weighted by Gasteiger charge is -2.37. The second kappa shape index (κ2) is 11.0. The van der Waals surface area contributed by atoms with Gasteiger partial charge in [-0.1, -0.05) is 6.07 Å². The van der Waals surface area contributed by atoms with Gasteiger partial charge in [0.05, 0.1) is 17.1 Å². The Morgan fingerprint density at radius 2 is 2.00 bits per heavy atom. The van der Waals surface area contributed by atoms with E-state index in [0.717, 1.165) is 6.42 Å². The standard InChI is InChI=1S/C23H35N5O7S2/c1-17-26-22(14-27(17)3)37(32,33)28-9-7-23(8-10-28)12-18(15-35-23)25-13-19(29)16-34-20-5-4-6-21(11-20)36(30,31)24-2/h4-6,11,14,18-19,24-25,29H,7-10,12-13,15-16H2,1-3H3. The second-order valence-corrected chi connectivity index (χ2v) is 13.4. The van der Waals surface area contributed by atoms with Gasteiger partial charge in [0, 0.05) is 45.0 Å². The summed E-state index contributed by atoms with van der Waals surface area (Å²) in [6.45, 7) is 3.24. The number of ether oxygens (including phenoxy) is 2. The van der Waals surface area contributed by atoms with E-state index in [-0.39, 0.29) is 34.7 Å². The van der Waals surface area contributed by atoms with Crippen molar-refractivity contribution in [3.8, 4) is 5.75 Å². The fourth-order valence-electron chi connectivity index (χ4n) is 4.64. The van der Waals surface area contributed by atoms with Gasteiger partial charge in [0.2, 0.25) is 10.0 Å². The highest BCUT2D eigenvalue weighted by Gasteiger charge is 2.45. The lowest BCUT2D eigenvalue weighted by atomic mass is 9.88. The van der Waals surface area contributed by atoms with Crippen LogP contribution in [0.15, 0.2) is 40.4 Å². The number of sulfonamides is 2. The molecule has 12 nitrogen and oxygen atoms in total. The summed E-state index contributed by atoms with van der Waals surface area (Å²) in [5, 5.41) is 13.7. The average Bonchev–Trinajstić information content (AvgIpc) is 3.44. The zero-order valence-electron chi connectivity index (χ0n) is 21.3. The smallest absolute Gasteiger partial charge is 0.262 e. The minimum atomic E-state index is -3.64. The molecule has 2 unspecified atom stereocenters. The summed E-state index contributed by atoms with van der Waals surface area (Å²) in [4.78, 5) is 4.27. The van der Waals surface area contributed by atoms with Crippen LogP contribution in [0.25, 0.3) is 0 Å². The molecule has 3 heterocycles. The van der Waals surface area contributed by atoms with Crippen LogP contribution in [0.5, 0.6) is 5.75 Å². The van der Waals surface area contributed by atoms with E-state index in [1.54, 1.807) is 30.7 Å². The van der Waals surface area contributed by atoms with Crippen LogP contribution in [0, 0.1) is 6.92 Å². The third kappa shape index (κ3) is 6.33. The molecule has 0 amide bonds. The largest absolute Gasteiger partial charge is 0.491 e. The summed E-state index contributed by atoms with van der Waals surface area (Å²) in [6, 6.07) is 6.10. The van der Waals surface area contributed by atoms with Crippen molar-refractivity contribution in [1.29, 1.82) is 0 Å². The highest BCUT2D eigenvalue weighted by atomic mass is 32.2. The molecule has 0 saturated carbocycles. The van der Waals surface area contributed by atoms with Crippen LogP contribution in [0.3, 0.4) is 0 Å². The van der Waals surface area contributed by atoms with Gasteiger partial charge in [-0.25, -0.2) is 26.5 Å². The van der Waals surface area contributed by atoms with Crippen molar-refractivity contribution in [3.63, 3.8) is 0 Å². The molecule has 3 N–H and O–H groups in total. The van der Waals surface area contributed by atoms with Crippen LogP contribution in [0.4, 0.5) is 0 Å². The van der Waals surface area contributed by atoms with Crippen molar-refractivity contribution in [3.05, 3.63) is 36.3 Å². The lowest BCUT2D eigenvalue weighted by molar-refractivity contribution is -0.0312. The molecule has 0 radical (unpaired) electrons. The Morgan fingerprint density at radius 3 is 2.65 bits per heavy atom. The Hall–Kier alpha value is -2.07. The molecule has 0 aliphatic carbocycles. The van der Waals surface area contributed by atoms with E-state index in [4.69, 9.17) is 9.47 Å². The zero-order valence-corrected chi connectivity index (χ0v) is 22.9. The Bertz CT molecular complexity index is 1280. The molecule has 1 aromatic carbocycles. The van der Waals surface area contributed by atoms with Crippen LogP contribution in [0.2, 0.25) is 0 Å². The SMILES string of the molecule is CNS(=O)(=O)c1cccc(OCC(O)CNC2COC3(CCN(S(=O)(=O)c4cn(C)c(C)n4)CC3)C2)c1. The van der Waals surface area contributed by atoms with Gasteiger partial charge in [0.1, 0.15) is 24.3 Å². The van der Waals surface area contributed by atoms with E-state index in [1.165, 1.54) is 29.7 Å². The van der Waals surface area contributed by atoms with E-state index in [0.29, 0.717) is 44.1 Å². The van der Waals surface area contributed by atoms with Crippen LogP contribution in [-0.2, 0) is 31.8 Å². The molecular formula is C23H35N5O7S2. The first-order chi connectivity index (χ1) is 17.4. The second-order valence-electron chi connectivity index (χ2n) is 9.59. The number of aliphatic hydroxyl groups excluding tert-OH is 1. The average molecular weight is 558 g/mol. The van der Waals surface area contributed by atoms with Crippen LogP contribution < -0.4 is 14.8 Å². The van der Waals surface area contributed by atoms with Crippen LogP contribution >= 0.6 is 0 Å². The predicted molar refractivity (Wildman–Crippen MR) is 135 cm³/mol. The highest BCUT2D eigenvalue weighted by molar-refractivity contribution is 7.89. The van der Waals surface area contributed by atoms with Crippen molar-refractivity contribution < 1.29 is 31.4 Å². The summed E-state index contributed by atoms with van der Waals surface area (Å²) in [5.41, 5.74) is -0.385. The van der Waals surface area contributed by atoms with Gasteiger partial charge < -0.3 is 24.5 Å². The van der Waals surface area contributed by atoms with Gasteiger partial charge in [-0.05, 0) is 45.4 Å². The Labute approximate surface area is 218 Å². The number of hydrogen-bond acceptors (Lipinski definition) is 9. The minimum Gasteiger partial charge on any atom is -0.491 e. The molecule has 2 aromatic rings. The van der Waals surface area contributed by atoms with Crippen molar-refractivity contribution in [2.24, 2.45) is 7.05 Å². The van der Waals surface area contributed by atoms with Crippen molar-refractivity contribution in [1.82, 2.24) is 23.9 Å². The number of nitrogens with zero attached hydrogens (tertiary/aromatic N) is 3. The molecule has 14 heteroatoms. The summed E-state index contributed by atoms with van der Waals surface area (Å²) < 4.78 is 66.9. The number of aromatic nitrogens is 2. The van der Waals surface area contributed by atoms with E-state index in [1.807, 2.05) is 0 Å². The Morgan fingerprint density at radius 1 is 1.27 bits per heavy atom. The Balaban J connectivity index is 1.23. The topological polar surface area (TPSA) is 152 Å². The number of benzene rings is 1. The first kappa shape index (κ1) is 28.0. The maximum atomic E-state index is 13.0. The molecule has 1 spiro atoms. The van der Waals surface area contributed by atoms with Crippen molar-refractivity contribution in [2.45, 2.75) is 53.9 Å². The minimum absolute atomic E-state index is 0.00537. The lowest BCUT2D eigenvalue weighted by Crippen LogP contribution is -2.47. The molecule has 2 atom stereocenters. The normalized spacial score (nSPS) is 21.4. The molecule has 2 aliphatic rings. The number of rotatable bonds is 10. The van der Waals surface area contributed by atoms with Gasteiger partial charge in [0.25, 0.3) is 10.0 Å². The summed E-state index contributed by atoms with van der Waals surface area (Å²) in [5.74, 6) is 0.990. The van der Waals surface area contributed by atoms with E-state index >= 15 is 0 Å². The number of piperidine rings is 1. The highest BCUT2D eigenvalue weighted by Crippen LogP contribution is 2.37. The van der Waals surface area contributed by atoms with Crippen LogP contribution in [0.1, 0.15) is 25.1 Å². The third-order valence-electron chi connectivity index (χ3n) is 7.00. The number of aliphatic hydroxyl groups is 1. The maximum Gasteiger partial charge on any atom is 0.262 e. The van der Waals surface area contributed by atoms with E-state index in [9.17, 15) is 21.9 Å². The van der Waals surface area contributed by atoms with Gasteiger partial charge >= 0.3 is 0 Å². The number of hydrogen-bond donors (Lipinski definition) is 3. The van der Waals surface area contributed by atoms with E-state index < -0.39 is 26.2 Å². The molecule has 37 heavy (non-hydrogen) atoms. The van der Waals surface area contributed by atoms with Gasteiger partial charge in [-0.3, -0.25) is 0 Å². The molecule has 2 saturated heterocycles. The quantitative estimate of drug-likeness (QED) is 0.366.